The molecule has 0 spiro atoms. The van der Waals surface area contributed by atoms with Crippen LogP contribution < -0.4 is 0 Å². The van der Waals surface area contributed by atoms with E-state index in [1.807, 2.05) is 0 Å². The fraction of sp³-hybridized carbons (Fsp3) is 0.824. The largest absolute Gasteiger partial charge is 0.469 e. The lowest BCUT2D eigenvalue weighted by atomic mass is 10.0. The van der Waals surface area contributed by atoms with Crippen LogP contribution in [0, 0.1) is 0 Å². The Morgan fingerprint density at radius 1 is 0.727 bits per heavy atom. The lowest BCUT2D eigenvalue weighted by Crippen LogP contribution is -2.10. The second-order valence-corrected chi connectivity index (χ2v) is 5.43. The van der Waals surface area contributed by atoms with Gasteiger partial charge in [0.2, 0.25) is 0 Å². The number of unbranched alkanes of at least 4 members (excludes halogenated alkanes) is 7. The van der Waals surface area contributed by atoms with Crippen molar-refractivity contribution in [2.45, 2.75) is 77.6 Å². The second-order valence-electron chi connectivity index (χ2n) is 5.43. The smallest absolute Gasteiger partial charge is 0.313 e. The molecule has 5 heteroatoms. The predicted octanol–water partition coefficient (Wildman–Crippen LogP) is 3.58. The number of ketones is 1. The molecule has 5 nitrogen and oxygen atoms in total. The van der Waals surface area contributed by atoms with Crippen LogP contribution in [0.2, 0.25) is 0 Å². The Hall–Kier alpha value is -1.39. The van der Waals surface area contributed by atoms with E-state index in [1.165, 1.54) is 7.11 Å². The summed E-state index contributed by atoms with van der Waals surface area (Å²) in [6.45, 7) is 2.06. The normalized spacial score (nSPS) is 10.3. The monoisotopic (exact) mass is 314 g/mol. The highest BCUT2D eigenvalue weighted by Crippen LogP contribution is 2.11. The highest BCUT2D eigenvalue weighted by atomic mass is 16.5. The summed E-state index contributed by atoms with van der Waals surface area (Å²) in [6, 6.07) is 0. The molecule has 0 aliphatic heterocycles. The molecule has 0 N–H and O–H groups in total. The SMILES string of the molecule is CCOC(=O)CC(=O)CCCCCCCCCCC(=O)OC. The van der Waals surface area contributed by atoms with Gasteiger partial charge in [-0.3, -0.25) is 14.4 Å². The number of hydrogen-bond acceptors (Lipinski definition) is 5. The van der Waals surface area contributed by atoms with Crippen LogP contribution in [-0.4, -0.2) is 31.4 Å². The van der Waals surface area contributed by atoms with Crippen LogP contribution in [0.4, 0.5) is 0 Å². The molecule has 0 radical (unpaired) electrons. The first-order chi connectivity index (χ1) is 10.6. The zero-order valence-corrected chi connectivity index (χ0v) is 14.0. The average Bonchev–Trinajstić information content (AvgIpc) is 2.48. The molecule has 0 aliphatic carbocycles. The fourth-order valence-corrected chi connectivity index (χ4v) is 2.22. The summed E-state index contributed by atoms with van der Waals surface area (Å²) in [4.78, 5) is 33.5. The van der Waals surface area contributed by atoms with Crippen molar-refractivity contribution in [3.63, 3.8) is 0 Å². The van der Waals surface area contributed by atoms with Crippen molar-refractivity contribution in [3.05, 3.63) is 0 Å². The zero-order valence-electron chi connectivity index (χ0n) is 14.0. The van der Waals surface area contributed by atoms with E-state index in [1.54, 1.807) is 6.92 Å². The lowest BCUT2D eigenvalue weighted by Gasteiger charge is -2.03. The number of rotatable bonds is 14. The summed E-state index contributed by atoms with van der Waals surface area (Å²) in [5.74, 6) is -0.576. The molecule has 0 rings (SSSR count). The molecule has 22 heavy (non-hydrogen) atoms. The first kappa shape index (κ1) is 20.6. The van der Waals surface area contributed by atoms with Gasteiger partial charge in [-0.25, -0.2) is 0 Å². The summed E-state index contributed by atoms with van der Waals surface area (Å²) in [5, 5.41) is 0. The molecule has 0 aromatic carbocycles. The molecule has 0 heterocycles. The number of hydrogen-bond donors (Lipinski definition) is 0. The molecule has 0 saturated carbocycles. The second kappa shape index (κ2) is 14.5. The Balaban J connectivity index is 3.28. The Morgan fingerprint density at radius 3 is 1.73 bits per heavy atom. The summed E-state index contributed by atoms with van der Waals surface area (Å²) in [7, 11) is 1.42. The number of carbonyl (C=O) groups is 3. The van der Waals surface area contributed by atoms with E-state index in [0.717, 1.165) is 51.4 Å². The van der Waals surface area contributed by atoms with Gasteiger partial charge in [-0.2, -0.15) is 0 Å². The van der Waals surface area contributed by atoms with E-state index in [-0.39, 0.29) is 18.2 Å². The quantitative estimate of drug-likeness (QED) is 0.278. The van der Waals surface area contributed by atoms with Crippen LogP contribution in [0.1, 0.15) is 77.6 Å². The van der Waals surface area contributed by atoms with Gasteiger partial charge in [0, 0.05) is 12.8 Å². The minimum Gasteiger partial charge on any atom is -0.469 e. The molecule has 0 atom stereocenters. The van der Waals surface area contributed by atoms with Gasteiger partial charge < -0.3 is 9.47 Å². The molecule has 0 bridgehead atoms. The summed E-state index contributed by atoms with van der Waals surface area (Å²) >= 11 is 0. The maximum absolute atomic E-state index is 11.5. The van der Waals surface area contributed by atoms with Crippen molar-refractivity contribution < 1.29 is 23.9 Å². The van der Waals surface area contributed by atoms with Gasteiger partial charge in [0.15, 0.2) is 0 Å². The molecule has 0 aromatic heterocycles. The van der Waals surface area contributed by atoms with Gasteiger partial charge in [0.25, 0.3) is 0 Å². The van der Waals surface area contributed by atoms with Crippen molar-refractivity contribution in [2.75, 3.05) is 13.7 Å². The van der Waals surface area contributed by atoms with Gasteiger partial charge in [-0.05, 0) is 19.8 Å². The molecule has 128 valence electrons. The molecule has 0 unspecified atom stereocenters. The molecule has 0 saturated heterocycles. The number of esters is 2. The third kappa shape index (κ3) is 13.6. The summed E-state index contributed by atoms with van der Waals surface area (Å²) < 4.78 is 9.32. The molecule has 0 fully saturated rings. The highest BCUT2D eigenvalue weighted by Gasteiger charge is 2.09. The van der Waals surface area contributed by atoms with Crippen LogP contribution >= 0.6 is 0 Å². The van der Waals surface area contributed by atoms with E-state index in [4.69, 9.17) is 4.74 Å². The topological polar surface area (TPSA) is 69.7 Å². The van der Waals surface area contributed by atoms with Gasteiger partial charge in [0.05, 0.1) is 13.7 Å². The summed E-state index contributed by atoms with van der Waals surface area (Å²) in [5.41, 5.74) is 0. The van der Waals surface area contributed by atoms with Crippen LogP contribution in [0.25, 0.3) is 0 Å². The summed E-state index contributed by atoms with van der Waals surface area (Å²) in [6.07, 6.45) is 9.30. The van der Waals surface area contributed by atoms with Crippen molar-refractivity contribution in [1.82, 2.24) is 0 Å². The van der Waals surface area contributed by atoms with Crippen LogP contribution in [0.5, 0.6) is 0 Å². The average molecular weight is 314 g/mol. The maximum Gasteiger partial charge on any atom is 0.313 e. The Morgan fingerprint density at radius 2 is 1.23 bits per heavy atom. The maximum atomic E-state index is 11.5. The molecule has 0 aromatic rings. The third-order valence-electron chi connectivity index (χ3n) is 3.46. The van der Waals surface area contributed by atoms with E-state index in [2.05, 4.69) is 4.74 Å². The molecule has 0 aliphatic rings. The Labute approximate surface area is 133 Å². The number of methoxy groups -OCH3 is 1. The van der Waals surface area contributed by atoms with Gasteiger partial charge >= 0.3 is 11.9 Å². The van der Waals surface area contributed by atoms with Crippen LogP contribution in [0.15, 0.2) is 0 Å². The standard InChI is InChI=1S/C17H30O5/c1-3-22-17(20)14-15(18)12-10-8-6-4-5-7-9-11-13-16(19)21-2/h3-14H2,1-2H3. The minimum absolute atomic E-state index is 0.0266. The fourth-order valence-electron chi connectivity index (χ4n) is 2.22. The van der Waals surface area contributed by atoms with Gasteiger partial charge in [-0.1, -0.05) is 38.5 Å². The lowest BCUT2D eigenvalue weighted by molar-refractivity contribution is -0.145. The van der Waals surface area contributed by atoms with E-state index in [9.17, 15) is 14.4 Å². The number of ether oxygens (including phenoxy) is 2. The van der Waals surface area contributed by atoms with Crippen molar-refractivity contribution in [1.29, 1.82) is 0 Å². The third-order valence-corrected chi connectivity index (χ3v) is 3.46. The first-order valence-corrected chi connectivity index (χ1v) is 8.34. The Kier molecular flexibility index (Phi) is 13.6. The van der Waals surface area contributed by atoms with Gasteiger partial charge in [0.1, 0.15) is 12.2 Å². The van der Waals surface area contributed by atoms with Crippen molar-refractivity contribution in [2.24, 2.45) is 0 Å². The predicted molar refractivity (Wildman–Crippen MR) is 84.4 cm³/mol. The highest BCUT2D eigenvalue weighted by molar-refractivity contribution is 5.95. The first-order valence-electron chi connectivity index (χ1n) is 8.34. The number of carbonyl (C=O) groups excluding carboxylic acids is 3. The van der Waals surface area contributed by atoms with Crippen LogP contribution in [-0.2, 0) is 23.9 Å². The molecular formula is C17H30O5. The minimum atomic E-state index is -0.417. The molecule has 0 amide bonds. The zero-order chi connectivity index (χ0) is 16.6. The van der Waals surface area contributed by atoms with Crippen LogP contribution in [0.3, 0.4) is 0 Å². The van der Waals surface area contributed by atoms with Gasteiger partial charge in [-0.15, -0.1) is 0 Å². The molecular weight excluding hydrogens is 284 g/mol. The Bertz CT molecular complexity index is 325. The van der Waals surface area contributed by atoms with E-state index in [0.29, 0.717) is 19.4 Å². The van der Waals surface area contributed by atoms with E-state index >= 15 is 0 Å². The van der Waals surface area contributed by atoms with Crippen molar-refractivity contribution in [3.8, 4) is 0 Å². The van der Waals surface area contributed by atoms with Crippen molar-refractivity contribution >= 4 is 17.7 Å². The van der Waals surface area contributed by atoms with E-state index < -0.39 is 5.97 Å². The number of Topliss-reactive ketones (excluding diaryl/α,β-unsaturated/α-hetero) is 1.